The normalized spacial score (nSPS) is 32.7. The molecule has 3 fully saturated rings. The van der Waals surface area contributed by atoms with Crippen molar-refractivity contribution in [2.75, 3.05) is 32.6 Å². The third-order valence-corrected chi connectivity index (χ3v) is 11.3. The van der Waals surface area contributed by atoms with Gasteiger partial charge in [-0.15, -0.1) is 6.58 Å². The lowest BCUT2D eigenvalue weighted by Crippen LogP contribution is -2.40. The number of nitrogens with two attached hydrogens (primary N) is 1. The highest BCUT2D eigenvalue weighted by atomic mass is 32.2. The van der Waals surface area contributed by atoms with Crippen LogP contribution in [0.5, 0.6) is 0 Å². The smallest absolute Gasteiger partial charge is 0.178 e. The van der Waals surface area contributed by atoms with E-state index in [1.165, 1.54) is 0 Å². The van der Waals surface area contributed by atoms with Crippen molar-refractivity contribution in [3.63, 3.8) is 0 Å². The molecule has 10 heteroatoms. The number of hydrogen-bond acceptors (Lipinski definition) is 9. The van der Waals surface area contributed by atoms with Gasteiger partial charge in [0.25, 0.3) is 0 Å². The lowest BCUT2D eigenvalue weighted by molar-refractivity contribution is -0.0766. The Balaban J connectivity index is 1.42. The summed E-state index contributed by atoms with van der Waals surface area (Å²) in [4.78, 5) is 0.260. The molecule has 3 N–H and O–H groups in total. The van der Waals surface area contributed by atoms with Gasteiger partial charge in [-0.3, -0.25) is 0 Å². The second-order valence-electron chi connectivity index (χ2n) is 12.8. The zero-order valence-corrected chi connectivity index (χ0v) is 28.2. The summed E-state index contributed by atoms with van der Waals surface area (Å²) >= 11 is 0. The molecule has 3 aliphatic rings. The summed E-state index contributed by atoms with van der Waals surface area (Å²) in [7, 11) is -2.08. The van der Waals surface area contributed by atoms with E-state index in [2.05, 4.69) is 26.7 Å². The molecule has 256 valence electrons. The molecule has 0 saturated carbocycles. The van der Waals surface area contributed by atoms with Crippen LogP contribution in [0.15, 0.2) is 84.3 Å². The molecule has 0 amide bonds. The molecule has 3 aliphatic heterocycles. The van der Waals surface area contributed by atoms with E-state index in [-0.39, 0.29) is 53.9 Å². The van der Waals surface area contributed by atoms with Gasteiger partial charge < -0.3 is 34.5 Å². The largest absolute Gasteiger partial charge is 0.392 e. The number of aliphatic hydroxyl groups excluding tert-OH is 1. The maximum atomic E-state index is 13.5. The van der Waals surface area contributed by atoms with E-state index >= 15 is 0 Å². The molecule has 0 bridgehead atoms. The Morgan fingerprint density at radius 2 is 1.85 bits per heavy atom. The zero-order valence-electron chi connectivity index (χ0n) is 27.4. The lowest BCUT2D eigenvalue weighted by atomic mass is 9.83. The van der Waals surface area contributed by atoms with E-state index in [1.807, 2.05) is 12.2 Å². The van der Waals surface area contributed by atoms with Crippen LogP contribution in [0, 0.1) is 11.8 Å². The minimum Gasteiger partial charge on any atom is -0.392 e. The van der Waals surface area contributed by atoms with Gasteiger partial charge in [0.05, 0.1) is 72.7 Å². The Bertz CT molecular complexity index is 1280. The van der Waals surface area contributed by atoms with Crippen molar-refractivity contribution >= 4 is 9.84 Å². The summed E-state index contributed by atoms with van der Waals surface area (Å²) in [5, 5.41) is 10.4. The van der Waals surface area contributed by atoms with Gasteiger partial charge in [0, 0.05) is 38.8 Å². The van der Waals surface area contributed by atoms with Gasteiger partial charge in [-0.2, -0.15) is 0 Å². The molecule has 0 spiro atoms. The molecule has 3 heterocycles. The van der Waals surface area contributed by atoms with E-state index in [4.69, 9.17) is 29.4 Å². The van der Waals surface area contributed by atoms with Crippen molar-refractivity contribution in [2.24, 2.45) is 17.6 Å². The van der Waals surface area contributed by atoms with Gasteiger partial charge in [-0.25, -0.2) is 8.42 Å². The summed E-state index contributed by atoms with van der Waals surface area (Å²) in [6, 6.07) is 8.44. The molecule has 46 heavy (non-hydrogen) atoms. The number of hydrogen-bond donors (Lipinski definition) is 2. The van der Waals surface area contributed by atoms with Gasteiger partial charge in [-0.05, 0) is 48.5 Å². The minimum absolute atomic E-state index is 0.00775. The fraction of sp³-hybridized carbons (Fsp3) is 0.611. The van der Waals surface area contributed by atoms with Crippen molar-refractivity contribution in [1.82, 2.24) is 0 Å². The molecule has 3 saturated heterocycles. The highest BCUT2D eigenvalue weighted by Gasteiger charge is 2.48. The fourth-order valence-electron chi connectivity index (χ4n) is 6.92. The Kier molecular flexibility index (Phi) is 13.8. The Hall–Kier alpha value is -2.15. The second-order valence-corrected chi connectivity index (χ2v) is 14.9. The van der Waals surface area contributed by atoms with Crippen LogP contribution in [0.1, 0.15) is 45.4 Å². The molecule has 0 aliphatic carbocycles. The molecule has 9 nitrogen and oxygen atoms in total. The first-order valence-electron chi connectivity index (χ1n) is 16.4. The second kappa shape index (κ2) is 17.3. The van der Waals surface area contributed by atoms with Crippen LogP contribution in [0.2, 0.25) is 0 Å². The van der Waals surface area contributed by atoms with Crippen molar-refractivity contribution < 1.29 is 37.2 Å². The van der Waals surface area contributed by atoms with Crippen LogP contribution in [-0.4, -0.2) is 95.0 Å². The van der Waals surface area contributed by atoms with Crippen molar-refractivity contribution in [2.45, 2.75) is 99.2 Å². The maximum absolute atomic E-state index is 13.5. The molecule has 1 aromatic carbocycles. The van der Waals surface area contributed by atoms with Crippen molar-refractivity contribution in [3.8, 4) is 0 Å². The standard InChI is InChI=1S/C36H53NO8S/c1-6-16-42-17-10-11-28-19-25(3)32(43-28)15-14-29-18-24(2)26(4)33(44-29)21-34-31(23-46(39,40)30-12-8-7-9-13-30)36(41-5)35(45-34)20-27(38)22-37/h6-13,24,27-29,31-36,38H,1,3-4,14-23,37H2,2,5H3/b11-10+/t24-,27+,28+,29+,31+,32?,33?,34+,35?,36-/m1/s1. The van der Waals surface area contributed by atoms with Gasteiger partial charge in [0.1, 0.15) is 0 Å². The summed E-state index contributed by atoms with van der Waals surface area (Å²) in [6.45, 7) is 15.6. The number of rotatable bonds is 17. The number of benzene rings is 1. The fourth-order valence-corrected chi connectivity index (χ4v) is 8.59. The number of sulfone groups is 1. The SMILES string of the molecule is C=CCOC/C=C/[C@H]1CC(=C)C(CC[C@H]2C[C@@H](C)C(=C)C(C[C@@H]3OC(C[C@H](O)CN)[C@H](OC)[C@H]3CS(=O)(=O)c3ccccc3)O2)O1. The number of methoxy groups -OCH3 is 1. The first-order chi connectivity index (χ1) is 22.1. The summed E-state index contributed by atoms with van der Waals surface area (Å²) in [5.74, 6) is -0.395. The van der Waals surface area contributed by atoms with Crippen LogP contribution >= 0.6 is 0 Å². The topological polar surface area (TPSA) is 127 Å². The third-order valence-electron chi connectivity index (χ3n) is 9.45. The van der Waals surface area contributed by atoms with E-state index in [9.17, 15) is 13.5 Å². The Morgan fingerprint density at radius 1 is 1.09 bits per heavy atom. The molecule has 3 unspecified atom stereocenters. The van der Waals surface area contributed by atoms with Gasteiger partial charge >= 0.3 is 0 Å². The monoisotopic (exact) mass is 659 g/mol. The molecule has 0 radical (unpaired) electrons. The predicted octanol–water partition coefficient (Wildman–Crippen LogP) is 4.56. The Labute approximate surface area is 275 Å². The number of aliphatic hydroxyl groups is 1. The van der Waals surface area contributed by atoms with Gasteiger partial charge in [0.15, 0.2) is 9.84 Å². The average molecular weight is 660 g/mol. The van der Waals surface area contributed by atoms with E-state index in [1.54, 1.807) is 43.5 Å². The molecular weight excluding hydrogens is 606 g/mol. The van der Waals surface area contributed by atoms with Crippen LogP contribution < -0.4 is 5.73 Å². The van der Waals surface area contributed by atoms with Gasteiger partial charge in [-0.1, -0.05) is 56.5 Å². The molecule has 1 aromatic rings. The molecule has 10 atom stereocenters. The van der Waals surface area contributed by atoms with Gasteiger partial charge in [0.2, 0.25) is 0 Å². The maximum Gasteiger partial charge on any atom is 0.178 e. The summed E-state index contributed by atoms with van der Waals surface area (Å²) < 4.78 is 57.8. The minimum atomic E-state index is -3.64. The van der Waals surface area contributed by atoms with Crippen molar-refractivity contribution in [3.05, 3.63) is 79.4 Å². The molecule has 0 aromatic heterocycles. The average Bonchev–Trinajstić information content (AvgIpc) is 3.55. The lowest BCUT2D eigenvalue weighted by Gasteiger charge is -2.38. The highest BCUT2D eigenvalue weighted by molar-refractivity contribution is 7.91. The summed E-state index contributed by atoms with van der Waals surface area (Å²) in [6.07, 6.45) is 7.02. The van der Waals surface area contributed by atoms with Crippen LogP contribution in [0.25, 0.3) is 0 Å². The summed E-state index contributed by atoms with van der Waals surface area (Å²) in [5.41, 5.74) is 7.78. The van der Waals surface area contributed by atoms with Crippen LogP contribution in [0.4, 0.5) is 0 Å². The first-order valence-corrected chi connectivity index (χ1v) is 18.1. The quantitative estimate of drug-likeness (QED) is 0.183. The predicted molar refractivity (Wildman–Crippen MR) is 179 cm³/mol. The van der Waals surface area contributed by atoms with E-state index in [0.29, 0.717) is 19.6 Å². The molecule has 4 rings (SSSR count). The zero-order chi connectivity index (χ0) is 33.3. The number of ether oxygens (including phenoxy) is 5. The van der Waals surface area contributed by atoms with E-state index < -0.39 is 40.2 Å². The van der Waals surface area contributed by atoms with Crippen molar-refractivity contribution in [1.29, 1.82) is 0 Å². The van der Waals surface area contributed by atoms with Crippen LogP contribution in [0.3, 0.4) is 0 Å². The molecular formula is C36H53NO8S. The Morgan fingerprint density at radius 3 is 2.54 bits per heavy atom. The third kappa shape index (κ3) is 9.70. The highest BCUT2D eigenvalue weighted by Crippen LogP contribution is 2.41. The van der Waals surface area contributed by atoms with Crippen LogP contribution in [-0.2, 0) is 33.5 Å². The van der Waals surface area contributed by atoms with E-state index in [0.717, 1.165) is 36.8 Å². The first kappa shape index (κ1) is 36.7.